The largest absolute Gasteiger partial charge is 0.356 e. The summed E-state index contributed by atoms with van der Waals surface area (Å²) in [5.41, 5.74) is 4.44. The monoisotopic (exact) mass is 230 g/mol. The Morgan fingerprint density at radius 3 is 3.06 bits per heavy atom. The molecule has 0 saturated carbocycles. The van der Waals surface area contributed by atoms with E-state index in [1.807, 2.05) is 6.07 Å². The zero-order valence-corrected chi connectivity index (χ0v) is 9.81. The molecule has 0 spiro atoms. The van der Waals surface area contributed by atoms with E-state index in [1.165, 1.54) is 29.7 Å². The minimum absolute atomic E-state index is 0.129. The summed E-state index contributed by atoms with van der Waals surface area (Å²) in [6, 6.07) is 4.46. The van der Waals surface area contributed by atoms with E-state index in [2.05, 4.69) is 17.2 Å². The Hall–Kier alpha value is -1.35. The first-order valence-corrected chi connectivity index (χ1v) is 6.29. The third kappa shape index (κ3) is 1.18. The molecule has 0 amide bonds. The molecule has 2 atom stereocenters. The highest BCUT2D eigenvalue weighted by molar-refractivity contribution is 5.89. The van der Waals surface area contributed by atoms with E-state index in [1.54, 1.807) is 6.07 Å². The molecule has 0 aliphatic carbocycles. The molecule has 3 heterocycles. The van der Waals surface area contributed by atoms with Gasteiger partial charge in [0.15, 0.2) is 0 Å². The van der Waals surface area contributed by atoms with Crippen LogP contribution in [-0.4, -0.2) is 11.0 Å². The quantitative estimate of drug-likeness (QED) is 0.715. The van der Waals surface area contributed by atoms with E-state index >= 15 is 0 Å². The van der Waals surface area contributed by atoms with Gasteiger partial charge >= 0.3 is 0 Å². The summed E-state index contributed by atoms with van der Waals surface area (Å²) < 4.78 is 13.8. The van der Waals surface area contributed by atoms with Gasteiger partial charge in [-0.15, -0.1) is 0 Å². The number of fused-ring (bicyclic) bond motifs is 6. The predicted octanol–water partition coefficient (Wildman–Crippen LogP) is 2.96. The summed E-state index contributed by atoms with van der Waals surface area (Å²) in [7, 11) is 0. The van der Waals surface area contributed by atoms with Crippen molar-refractivity contribution >= 4 is 10.9 Å². The van der Waals surface area contributed by atoms with Crippen molar-refractivity contribution < 1.29 is 4.39 Å². The summed E-state index contributed by atoms with van der Waals surface area (Å²) in [6.07, 6.45) is 3.43. The van der Waals surface area contributed by atoms with E-state index in [9.17, 15) is 4.39 Å². The maximum Gasteiger partial charge on any atom is 0.147 e. The molecule has 17 heavy (non-hydrogen) atoms. The summed E-state index contributed by atoms with van der Waals surface area (Å²) in [5, 5.41) is 4.74. The van der Waals surface area contributed by atoms with Crippen molar-refractivity contribution in [2.45, 2.75) is 38.3 Å². The second kappa shape index (κ2) is 3.10. The van der Waals surface area contributed by atoms with Crippen molar-refractivity contribution in [1.29, 1.82) is 0 Å². The summed E-state index contributed by atoms with van der Waals surface area (Å²) >= 11 is 0. The summed E-state index contributed by atoms with van der Waals surface area (Å²) in [4.78, 5) is 3.31. The Bertz CT molecular complexity index is 614. The van der Waals surface area contributed by atoms with E-state index in [-0.39, 0.29) is 5.82 Å². The lowest BCUT2D eigenvalue weighted by Crippen LogP contribution is -2.31. The first-order chi connectivity index (χ1) is 8.24. The molecule has 0 radical (unpaired) electrons. The molecule has 88 valence electrons. The molecule has 2 N–H and O–H groups in total. The molecule has 3 heteroatoms. The van der Waals surface area contributed by atoms with Crippen LogP contribution in [0.15, 0.2) is 12.1 Å². The second-order valence-corrected chi connectivity index (χ2v) is 5.33. The van der Waals surface area contributed by atoms with Crippen LogP contribution >= 0.6 is 0 Å². The highest BCUT2D eigenvalue weighted by Crippen LogP contribution is 2.41. The van der Waals surface area contributed by atoms with Gasteiger partial charge in [0.25, 0.3) is 0 Å². The van der Waals surface area contributed by atoms with Crippen molar-refractivity contribution in [3.05, 3.63) is 34.8 Å². The molecule has 1 saturated heterocycles. The van der Waals surface area contributed by atoms with Crippen molar-refractivity contribution in [2.24, 2.45) is 0 Å². The number of hydrogen-bond acceptors (Lipinski definition) is 1. The maximum atomic E-state index is 13.8. The number of aryl methyl sites for hydroxylation is 1. The Morgan fingerprint density at radius 1 is 1.29 bits per heavy atom. The fourth-order valence-corrected chi connectivity index (χ4v) is 3.52. The number of nitrogens with one attached hydrogen (secondary N) is 2. The predicted molar refractivity (Wildman–Crippen MR) is 65.6 cm³/mol. The second-order valence-electron chi connectivity index (χ2n) is 5.33. The van der Waals surface area contributed by atoms with Crippen LogP contribution in [0.3, 0.4) is 0 Å². The smallest absolute Gasteiger partial charge is 0.147 e. The average molecular weight is 230 g/mol. The zero-order valence-electron chi connectivity index (χ0n) is 9.81. The number of hydrogen-bond donors (Lipinski definition) is 2. The van der Waals surface area contributed by atoms with Crippen LogP contribution in [0.25, 0.3) is 10.9 Å². The topological polar surface area (TPSA) is 27.8 Å². The Labute approximate surface area is 99.2 Å². The minimum Gasteiger partial charge on any atom is -0.356 e. The van der Waals surface area contributed by atoms with Gasteiger partial charge in [-0.25, -0.2) is 4.39 Å². The van der Waals surface area contributed by atoms with E-state index in [0.29, 0.717) is 17.6 Å². The molecule has 1 aromatic heterocycles. The Morgan fingerprint density at radius 2 is 2.18 bits per heavy atom. The molecule has 2 aliphatic rings. The number of rotatable bonds is 0. The lowest BCUT2D eigenvalue weighted by atomic mass is 9.97. The third-order valence-electron chi connectivity index (χ3n) is 4.27. The zero-order chi connectivity index (χ0) is 11.6. The summed E-state index contributed by atoms with van der Waals surface area (Å²) in [6.45, 7) is 2.07. The van der Waals surface area contributed by atoms with Crippen LogP contribution in [0.2, 0.25) is 0 Å². The molecule has 2 bridgehead atoms. The van der Waals surface area contributed by atoms with Gasteiger partial charge in [0.2, 0.25) is 0 Å². The standard InChI is InChI=1S/C14H15FN2/c1-7-2-4-9(15)14-12(7)13-10-5-3-8(16-10)6-11(13)17-14/h2,4,8,10,16-17H,3,5-6H2,1H3. The van der Waals surface area contributed by atoms with Crippen LogP contribution in [0.4, 0.5) is 4.39 Å². The normalized spacial score (nSPS) is 26.5. The fraction of sp³-hybridized carbons (Fsp3) is 0.429. The number of aromatic amines is 1. The van der Waals surface area contributed by atoms with E-state index in [4.69, 9.17) is 0 Å². The SMILES string of the molecule is Cc1ccc(F)c2[nH]c3c(c12)C1CCC(C3)N1. The van der Waals surface area contributed by atoms with Gasteiger partial charge in [-0.05, 0) is 37.0 Å². The van der Waals surface area contributed by atoms with Crippen LogP contribution < -0.4 is 5.32 Å². The molecular formula is C14H15FN2. The first kappa shape index (κ1) is 9.66. The number of aromatic nitrogens is 1. The van der Waals surface area contributed by atoms with Gasteiger partial charge in [0.05, 0.1) is 5.52 Å². The number of H-pyrrole nitrogens is 1. The highest BCUT2D eigenvalue weighted by atomic mass is 19.1. The van der Waals surface area contributed by atoms with Crippen molar-refractivity contribution in [2.75, 3.05) is 0 Å². The van der Waals surface area contributed by atoms with Crippen molar-refractivity contribution in [3.8, 4) is 0 Å². The highest BCUT2D eigenvalue weighted by Gasteiger charge is 2.35. The maximum absolute atomic E-state index is 13.8. The van der Waals surface area contributed by atoms with Crippen molar-refractivity contribution in [1.82, 2.24) is 10.3 Å². The van der Waals surface area contributed by atoms with Crippen LogP contribution in [0.1, 0.15) is 35.7 Å². The van der Waals surface area contributed by atoms with Gasteiger partial charge in [-0.3, -0.25) is 0 Å². The summed E-state index contributed by atoms with van der Waals surface area (Å²) in [5.74, 6) is -0.129. The minimum atomic E-state index is -0.129. The van der Waals surface area contributed by atoms with Gasteiger partial charge in [-0.1, -0.05) is 6.07 Å². The van der Waals surface area contributed by atoms with Crippen molar-refractivity contribution in [3.63, 3.8) is 0 Å². The molecule has 1 fully saturated rings. The van der Waals surface area contributed by atoms with Gasteiger partial charge in [-0.2, -0.15) is 0 Å². The molecule has 2 aromatic rings. The third-order valence-corrected chi connectivity index (χ3v) is 4.27. The van der Waals surface area contributed by atoms with Gasteiger partial charge in [0, 0.05) is 29.6 Å². The first-order valence-electron chi connectivity index (χ1n) is 6.29. The molecular weight excluding hydrogens is 215 g/mol. The van der Waals surface area contributed by atoms with E-state index in [0.717, 1.165) is 11.8 Å². The Balaban J connectivity index is 2.09. The lowest BCUT2D eigenvalue weighted by molar-refractivity contribution is 0.513. The molecule has 2 nitrogen and oxygen atoms in total. The lowest BCUT2D eigenvalue weighted by Gasteiger charge is -2.22. The average Bonchev–Trinajstić information content (AvgIpc) is 2.88. The van der Waals surface area contributed by atoms with Crippen LogP contribution in [-0.2, 0) is 6.42 Å². The number of benzene rings is 1. The van der Waals surface area contributed by atoms with E-state index < -0.39 is 0 Å². The fourth-order valence-electron chi connectivity index (χ4n) is 3.52. The van der Waals surface area contributed by atoms with Crippen LogP contribution in [0, 0.1) is 12.7 Å². The molecule has 2 aliphatic heterocycles. The van der Waals surface area contributed by atoms with Gasteiger partial charge < -0.3 is 10.3 Å². The van der Waals surface area contributed by atoms with Crippen LogP contribution in [0.5, 0.6) is 0 Å². The molecule has 2 unspecified atom stereocenters. The molecule has 4 rings (SSSR count). The van der Waals surface area contributed by atoms with Gasteiger partial charge in [0.1, 0.15) is 5.82 Å². The Kier molecular flexibility index (Phi) is 1.76. The molecule has 1 aromatic carbocycles. The number of halogens is 1.